The van der Waals surface area contributed by atoms with Crippen LogP contribution in [0.2, 0.25) is 0 Å². The molecule has 1 aromatic carbocycles. The second-order valence-electron chi connectivity index (χ2n) is 4.61. The molecular formula is C13H15FN2O3. The number of carbonyl (C=O) groups is 2. The SMILES string of the molecule is O=C(CC1CCNC1)Nc1ccc(C(=O)O)cc1F. The summed E-state index contributed by atoms with van der Waals surface area (Å²) in [5, 5.41) is 14.3. The lowest BCUT2D eigenvalue weighted by Crippen LogP contribution is -2.19. The molecule has 102 valence electrons. The van der Waals surface area contributed by atoms with E-state index < -0.39 is 11.8 Å². The first-order chi connectivity index (χ1) is 9.06. The average molecular weight is 266 g/mol. The summed E-state index contributed by atoms with van der Waals surface area (Å²) in [5.41, 5.74) is -0.128. The van der Waals surface area contributed by atoms with E-state index in [4.69, 9.17) is 5.11 Å². The van der Waals surface area contributed by atoms with Crippen molar-refractivity contribution in [3.8, 4) is 0 Å². The van der Waals surface area contributed by atoms with Gasteiger partial charge >= 0.3 is 5.97 Å². The number of nitrogens with one attached hydrogen (secondary N) is 2. The molecule has 1 aliphatic heterocycles. The van der Waals surface area contributed by atoms with Gasteiger partial charge in [-0.25, -0.2) is 9.18 Å². The Morgan fingerprint density at radius 1 is 1.47 bits per heavy atom. The van der Waals surface area contributed by atoms with Crippen molar-refractivity contribution in [2.45, 2.75) is 12.8 Å². The molecule has 1 fully saturated rings. The summed E-state index contributed by atoms with van der Waals surface area (Å²) in [6.07, 6.45) is 1.28. The van der Waals surface area contributed by atoms with Crippen LogP contribution < -0.4 is 10.6 Å². The summed E-state index contributed by atoms with van der Waals surface area (Å²) < 4.78 is 13.6. The Hall–Kier alpha value is -1.95. The molecule has 5 nitrogen and oxygen atoms in total. The van der Waals surface area contributed by atoms with Crippen LogP contribution in [-0.4, -0.2) is 30.1 Å². The normalized spacial score (nSPS) is 18.3. The first-order valence-corrected chi connectivity index (χ1v) is 6.09. The highest BCUT2D eigenvalue weighted by Gasteiger charge is 2.19. The molecule has 0 spiro atoms. The highest BCUT2D eigenvalue weighted by molar-refractivity contribution is 5.92. The van der Waals surface area contributed by atoms with Crippen LogP contribution in [0.1, 0.15) is 23.2 Å². The fourth-order valence-corrected chi connectivity index (χ4v) is 2.10. The molecule has 1 atom stereocenters. The van der Waals surface area contributed by atoms with Gasteiger partial charge < -0.3 is 15.7 Å². The molecule has 19 heavy (non-hydrogen) atoms. The smallest absolute Gasteiger partial charge is 0.335 e. The van der Waals surface area contributed by atoms with E-state index in [1.807, 2.05) is 0 Å². The molecule has 3 N–H and O–H groups in total. The van der Waals surface area contributed by atoms with Crippen LogP contribution in [0.4, 0.5) is 10.1 Å². The number of halogens is 1. The van der Waals surface area contributed by atoms with Gasteiger partial charge in [0.1, 0.15) is 5.82 Å². The third-order valence-electron chi connectivity index (χ3n) is 3.13. The van der Waals surface area contributed by atoms with Crippen molar-refractivity contribution in [1.82, 2.24) is 5.32 Å². The molecule has 0 aromatic heterocycles. The lowest BCUT2D eigenvalue weighted by Gasteiger charge is -2.10. The van der Waals surface area contributed by atoms with Crippen LogP contribution in [0.15, 0.2) is 18.2 Å². The minimum Gasteiger partial charge on any atom is -0.478 e. The fourth-order valence-electron chi connectivity index (χ4n) is 2.10. The van der Waals surface area contributed by atoms with Crippen molar-refractivity contribution in [1.29, 1.82) is 0 Å². The van der Waals surface area contributed by atoms with Gasteiger partial charge in [-0.2, -0.15) is 0 Å². The van der Waals surface area contributed by atoms with Gasteiger partial charge in [-0.05, 0) is 43.6 Å². The zero-order valence-electron chi connectivity index (χ0n) is 10.3. The summed E-state index contributed by atoms with van der Waals surface area (Å²) in [5.74, 6) is -1.91. The van der Waals surface area contributed by atoms with Crippen molar-refractivity contribution in [3.63, 3.8) is 0 Å². The number of carbonyl (C=O) groups excluding carboxylic acids is 1. The van der Waals surface area contributed by atoms with Gasteiger partial charge in [-0.1, -0.05) is 0 Å². The van der Waals surface area contributed by atoms with E-state index in [9.17, 15) is 14.0 Å². The quantitative estimate of drug-likeness (QED) is 0.771. The van der Waals surface area contributed by atoms with E-state index in [-0.39, 0.29) is 23.1 Å². The summed E-state index contributed by atoms with van der Waals surface area (Å²) in [6.45, 7) is 1.70. The Kier molecular flexibility index (Phi) is 4.11. The third kappa shape index (κ3) is 3.51. The number of carboxylic acids is 1. The number of hydrogen-bond donors (Lipinski definition) is 3. The molecule has 1 heterocycles. The minimum absolute atomic E-state index is 0.0148. The lowest BCUT2D eigenvalue weighted by molar-refractivity contribution is -0.117. The van der Waals surface area contributed by atoms with Gasteiger partial charge in [0.15, 0.2) is 0 Å². The second kappa shape index (κ2) is 5.79. The third-order valence-corrected chi connectivity index (χ3v) is 3.13. The molecule has 0 radical (unpaired) electrons. The first-order valence-electron chi connectivity index (χ1n) is 6.09. The van der Waals surface area contributed by atoms with Gasteiger partial charge in [-0.15, -0.1) is 0 Å². The van der Waals surface area contributed by atoms with E-state index in [1.165, 1.54) is 12.1 Å². The zero-order valence-corrected chi connectivity index (χ0v) is 10.3. The number of rotatable bonds is 4. The molecule has 6 heteroatoms. The summed E-state index contributed by atoms with van der Waals surface area (Å²) in [4.78, 5) is 22.4. The zero-order chi connectivity index (χ0) is 13.8. The van der Waals surface area contributed by atoms with Crippen LogP contribution in [0.3, 0.4) is 0 Å². The Labute approximate surface area is 109 Å². The van der Waals surface area contributed by atoms with Crippen molar-refractivity contribution in [2.24, 2.45) is 5.92 Å². The van der Waals surface area contributed by atoms with Crippen LogP contribution >= 0.6 is 0 Å². The molecule has 1 unspecified atom stereocenters. The molecular weight excluding hydrogens is 251 g/mol. The number of carboxylic acid groups (broad SMARTS) is 1. The van der Waals surface area contributed by atoms with Crippen molar-refractivity contribution in [2.75, 3.05) is 18.4 Å². The Bertz CT molecular complexity index is 499. The predicted molar refractivity (Wildman–Crippen MR) is 67.6 cm³/mol. The predicted octanol–water partition coefficient (Wildman–Crippen LogP) is 1.46. The van der Waals surface area contributed by atoms with Crippen LogP contribution in [-0.2, 0) is 4.79 Å². The number of aromatic carboxylic acids is 1. The largest absolute Gasteiger partial charge is 0.478 e. The van der Waals surface area contributed by atoms with Crippen LogP contribution in [0.5, 0.6) is 0 Å². The highest BCUT2D eigenvalue weighted by Crippen LogP contribution is 2.18. The summed E-state index contributed by atoms with van der Waals surface area (Å²) in [7, 11) is 0. The maximum absolute atomic E-state index is 13.6. The average Bonchev–Trinajstić information content (AvgIpc) is 2.84. The van der Waals surface area contributed by atoms with E-state index in [0.717, 1.165) is 25.6 Å². The van der Waals surface area contributed by atoms with Gasteiger partial charge in [0.2, 0.25) is 5.91 Å². The van der Waals surface area contributed by atoms with E-state index in [0.29, 0.717) is 6.42 Å². The standard InChI is InChI=1S/C13H15FN2O3/c14-10-6-9(13(18)19)1-2-11(10)16-12(17)5-8-3-4-15-7-8/h1-2,6,8,15H,3-5,7H2,(H,16,17)(H,18,19). The molecule has 0 bridgehead atoms. The van der Waals surface area contributed by atoms with Crippen molar-refractivity contribution in [3.05, 3.63) is 29.6 Å². The number of hydrogen-bond acceptors (Lipinski definition) is 3. The van der Waals surface area contributed by atoms with E-state index in [2.05, 4.69) is 10.6 Å². The number of benzene rings is 1. The molecule has 0 saturated carbocycles. The highest BCUT2D eigenvalue weighted by atomic mass is 19.1. The van der Waals surface area contributed by atoms with Gasteiger partial charge in [0.25, 0.3) is 0 Å². The number of amides is 1. The lowest BCUT2D eigenvalue weighted by atomic mass is 10.0. The molecule has 1 amide bonds. The van der Waals surface area contributed by atoms with Crippen LogP contribution in [0.25, 0.3) is 0 Å². The maximum Gasteiger partial charge on any atom is 0.335 e. The Morgan fingerprint density at radius 2 is 2.26 bits per heavy atom. The Morgan fingerprint density at radius 3 is 2.84 bits per heavy atom. The van der Waals surface area contributed by atoms with Gasteiger partial charge in [0, 0.05) is 6.42 Å². The minimum atomic E-state index is -1.20. The Balaban J connectivity index is 1.98. The van der Waals surface area contributed by atoms with Crippen molar-refractivity contribution < 1.29 is 19.1 Å². The molecule has 2 rings (SSSR count). The van der Waals surface area contributed by atoms with Gasteiger partial charge in [0.05, 0.1) is 11.3 Å². The monoisotopic (exact) mass is 266 g/mol. The maximum atomic E-state index is 13.6. The molecule has 1 aromatic rings. The molecule has 0 aliphatic carbocycles. The fraction of sp³-hybridized carbons (Fsp3) is 0.385. The summed E-state index contributed by atoms with van der Waals surface area (Å²) >= 11 is 0. The topological polar surface area (TPSA) is 78.4 Å². The van der Waals surface area contributed by atoms with E-state index in [1.54, 1.807) is 0 Å². The summed E-state index contributed by atoms with van der Waals surface area (Å²) in [6, 6.07) is 3.43. The second-order valence-corrected chi connectivity index (χ2v) is 4.61. The van der Waals surface area contributed by atoms with Crippen LogP contribution in [0, 0.1) is 11.7 Å². The molecule has 1 saturated heterocycles. The van der Waals surface area contributed by atoms with E-state index >= 15 is 0 Å². The van der Waals surface area contributed by atoms with Gasteiger partial charge in [-0.3, -0.25) is 4.79 Å². The number of anilines is 1. The molecule has 1 aliphatic rings. The first kappa shape index (κ1) is 13.5. The van der Waals surface area contributed by atoms with Crippen molar-refractivity contribution >= 4 is 17.6 Å².